The number of amides is 1. The van der Waals surface area contributed by atoms with Gasteiger partial charge in [-0.15, -0.1) is 0 Å². The van der Waals surface area contributed by atoms with Gasteiger partial charge >= 0.3 is 0 Å². The van der Waals surface area contributed by atoms with Gasteiger partial charge in [-0.1, -0.05) is 36.4 Å². The third-order valence-corrected chi connectivity index (χ3v) is 4.38. The van der Waals surface area contributed by atoms with Crippen molar-refractivity contribution in [3.8, 4) is 5.75 Å². The molecular formula is C19H16N2O3. The van der Waals surface area contributed by atoms with Crippen LogP contribution in [0.5, 0.6) is 5.75 Å². The number of ether oxygens (including phenoxy) is 1. The van der Waals surface area contributed by atoms with E-state index in [4.69, 9.17) is 4.74 Å². The normalized spacial score (nSPS) is 18.9. The van der Waals surface area contributed by atoms with Crippen LogP contribution in [0.1, 0.15) is 28.9 Å². The van der Waals surface area contributed by atoms with E-state index >= 15 is 0 Å². The Morgan fingerprint density at radius 3 is 2.62 bits per heavy atom. The van der Waals surface area contributed by atoms with Crippen molar-refractivity contribution >= 4 is 16.7 Å². The zero-order valence-corrected chi connectivity index (χ0v) is 13.1. The Bertz CT molecular complexity index is 993. The molecule has 5 heteroatoms. The lowest BCUT2D eigenvalue weighted by Crippen LogP contribution is -2.34. The Morgan fingerprint density at radius 1 is 1.08 bits per heavy atom. The number of carbonyl (C=O) groups excluding carboxylic acids is 1. The Labute approximate surface area is 138 Å². The van der Waals surface area contributed by atoms with E-state index in [1.54, 1.807) is 18.2 Å². The maximum atomic E-state index is 12.8. The number of hydrogen-bond donors (Lipinski definition) is 2. The molecule has 2 heterocycles. The van der Waals surface area contributed by atoms with E-state index in [1.807, 2.05) is 37.3 Å². The van der Waals surface area contributed by atoms with Gasteiger partial charge in [-0.05, 0) is 19.1 Å². The van der Waals surface area contributed by atoms with Crippen molar-refractivity contribution in [1.29, 1.82) is 0 Å². The van der Waals surface area contributed by atoms with Gasteiger partial charge in [0.2, 0.25) is 0 Å². The number of H-pyrrole nitrogens is 1. The highest BCUT2D eigenvalue weighted by atomic mass is 16.5. The zero-order valence-electron chi connectivity index (χ0n) is 13.1. The number of aromatic amines is 1. The van der Waals surface area contributed by atoms with Crippen LogP contribution in [0.2, 0.25) is 0 Å². The summed E-state index contributed by atoms with van der Waals surface area (Å²) in [6.07, 6.45) is 1.31. The van der Waals surface area contributed by atoms with E-state index in [0.29, 0.717) is 16.3 Å². The van der Waals surface area contributed by atoms with Gasteiger partial charge in [0.05, 0.1) is 11.6 Å². The Hall–Kier alpha value is -3.08. The molecule has 0 saturated heterocycles. The number of pyridine rings is 1. The quantitative estimate of drug-likeness (QED) is 0.763. The van der Waals surface area contributed by atoms with E-state index in [0.717, 1.165) is 11.3 Å². The standard InChI is InChI=1S/C19H16N2O3/c1-11-17(14-8-4-5-9-16(14)24-11)21-19(23)15-10-20-18(22)13-7-3-2-6-12(13)15/h2-11,17H,1H3,(H,20,22)(H,21,23). The number of para-hydroxylation sites is 1. The van der Waals surface area contributed by atoms with Crippen LogP contribution in [-0.2, 0) is 0 Å². The van der Waals surface area contributed by atoms with E-state index in [-0.39, 0.29) is 23.6 Å². The first kappa shape index (κ1) is 14.5. The molecule has 5 nitrogen and oxygen atoms in total. The van der Waals surface area contributed by atoms with Crippen molar-refractivity contribution in [3.63, 3.8) is 0 Å². The Kier molecular flexibility index (Phi) is 3.34. The number of benzene rings is 2. The molecule has 4 rings (SSSR count). The van der Waals surface area contributed by atoms with Crippen LogP contribution in [0.15, 0.2) is 59.5 Å². The fraction of sp³-hybridized carbons (Fsp3) is 0.158. The van der Waals surface area contributed by atoms with Gasteiger partial charge in [0, 0.05) is 22.5 Å². The molecule has 0 radical (unpaired) electrons. The molecule has 0 spiro atoms. The zero-order chi connectivity index (χ0) is 16.7. The molecule has 1 aliphatic heterocycles. The second-order valence-corrected chi connectivity index (χ2v) is 5.89. The third kappa shape index (κ3) is 2.25. The van der Waals surface area contributed by atoms with Crippen LogP contribution in [0.4, 0.5) is 0 Å². The van der Waals surface area contributed by atoms with E-state index in [9.17, 15) is 9.59 Å². The fourth-order valence-corrected chi connectivity index (χ4v) is 3.18. The van der Waals surface area contributed by atoms with Crippen molar-refractivity contribution in [1.82, 2.24) is 10.3 Å². The summed E-state index contributed by atoms with van der Waals surface area (Å²) in [5, 5.41) is 4.17. The summed E-state index contributed by atoms with van der Waals surface area (Å²) in [7, 11) is 0. The first-order chi connectivity index (χ1) is 11.6. The van der Waals surface area contributed by atoms with Gasteiger partial charge in [0.25, 0.3) is 11.5 Å². The first-order valence-electron chi connectivity index (χ1n) is 7.82. The van der Waals surface area contributed by atoms with Crippen LogP contribution in [-0.4, -0.2) is 17.0 Å². The van der Waals surface area contributed by atoms with Gasteiger partial charge < -0.3 is 15.0 Å². The third-order valence-electron chi connectivity index (χ3n) is 4.38. The highest BCUT2D eigenvalue weighted by Gasteiger charge is 2.32. The van der Waals surface area contributed by atoms with Crippen molar-refractivity contribution in [2.45, 2.75) is 19.1 Å². The van der Waals surface area contributed by atoms with Crippen LogP contribution >= 0.6 is 0 Å². The van der Waals surface area contributed by atoms with E-state index in [1.165, 1.54) is 6.20 Å². The maximum Gasteiger partial charge on any atom is 0.255 e. The number of hydrogen-bond acceptors (Lipinski definition) is 3. The Morgan fingerprint density at radius 2 is 1.79 bits per heavy atom. The number of aromatic nitrogens is 1. The molecule has 2 N–H and O–H groups in total. The Balaban J connectivity index is 1.71. The van der Waals surface area contributed by atoms with Gasteiger partial charge in [-0.3, -0.25) is 9.59 Å². The second-order valence-electron chi connectivity index (χ2n) is 5.89. The summed E-state index contributed by atoms with van der Waals surface area (Å²) >= 11 is 0. The van der Waals surface area contributed by atoms with Gasteiger partial charge in [-0.25, -0.2) is 0 Å². The van der Waals surface area contributed by atoms with E-state index < -0.39 is 0 Å². The van der Waals surface area contributed by atoms with Gasteiger partial charge in [-0.2, -0.15) is 0 Å². The summed E-state index contributed by atoms with van der Waals surface area (Å²) in [4.78, 5) is 27.3. The number of nitrogens with one attached hydrogen (secondary N) is 2. The topological polar surface area (TPSA) is 71.2 Å². The molecule has 3 aromatic rings. The SMILES string of the molecule is CC1Oc2ccccc2C1NC(=O)c1c[nH]c(=O)c2ccccc12. The predicted octanol–water partition coefficient (Wildman–Crippen LogP) is 2.78. The molecule has 2 unspecified atom stereocenters. The highest BCUT2D eigenvalue weighted by molar-refractivity contribution is 6.06. The molecule has 2 atom stereocenters. The lowest BCUT2D eigenvalue weighted by atomic mass is 10.0. The summed E-state index contributed by atoms with van der Waals surface area (Å²) in [6, 6.07) is 14.5. The summed E-state index contributed by atoms with van der Waals surface area (Å²) in [5.41, 5.74) is 1.21. The predicted molar refractivity (Wildman–Crippen MR) is 91.3 cm³/mol. The van der Waals surface area contributed by atoms with Crippen LogP contribution in [0.3, 0.4) is 0 Å². The average Bonchev–Trinajstić information content (AvgIpc) is 2.91. The summed E-state index contributed by atoms with van der Waals surface area (Å²) < 4.78 is 5.79. The van der Waals surface area contributed by atoms with Crippen molar-refractivity contribution in [3.05, 3.63) is 76.2 Å². The minimum Gasteiger partial charge on any atom is -0.488 e. The lowest BCUT2D eigenvalue weighted by molar-refractivity contribution is 0.0909. The van der Waals surface area contributed by atoms with Crippen LogP contribution < -0.4 is 15.6 Å². The molecule has 1 aliphatic rings. The second kappa shape index (κ2) is 5.53. The molecule has 0 aliphatic carbocycles. The largest absolute Gasteiger partial charge is 0.488 e. The lowest BCUT2D eigenvalue weighted by Gasteiger charge is -2.17. The fourth-order valence-electron chi connectivity index (χ4n) is 3.18. The molecule has 2 aromatic carbocycles. The molecule has 120 valence electrons. The van der Waals surface area contributed by atoms with Crippen LogP contribution in [0, 0.1) is 0 Å². The molecule has 1 aromatic heterocycles. The van der Waals surface area contributed by atoms with Gasteiger partial charge in [0.15, 0.2) is 0 Å². The first-order valence-corrected chi connectivity index (χ1v) is 7.82. The summed E-state index contributed by atoms with van der Waals surface area (Å²) in [6.45, 7) is 1.93. The smallest absolute Gasteiger partial charge is 0.255 e. The highest BCUT2D eigenvalue weighted by Crippen LogP contribution is 2.36. The maximum absolute atomic E-state index is 12.8. The molecule has 0 bridgehead atoms. The van der Waals surface area contributed by atoms with Gasteiger partial charge in [0.1, 0.15) is 11.9 Å². The number of carbonyl (C=O) groups is 1. The van der Waals surface area contributed by atoms with Crippen molar-refractivity contribution < 1.29 is 9.53 Å². The molecule has 0 fully saturated rings. The summed E-state index contributed by atoms with van der Waals surface area (Å²) in [5.74, 6) is 0.557. The molecule has 1 amide bonds. The minimum atomic E-state index is -0.236. The van der Waals surface area contributed by atoms with E-state index in [2.05, 4.69) is 10.3 Å². The number of rotatable bonds is 2. The minimum absolute atomic E-state index is 0.152. The average molecular weight is 320 g/mol. The van der Waals surface area contributed by atoms with Crippen LogP contribution in [0.25, 0.3) is 10.8 Å². The monoisotopic (exact) mass is 320 g/mol. The van der Waals surface area contributed by atoms with Crippen molar-refractivity contribution in [2.75, 3.05) is 0 Å². The van der Waals surface area contributed by atoms with Crippen molar-refractivity contribution in [2.24, 2.45) is 0 Å². The number of fused-ring (bicyclic) bond motifs is 2. The molecule has 24 heavy (non-hydrogen) atoms. The molecular weight excluding hydrogens is 304 g/mol. The molecule has 0 saturated carbocycles.